The summed E-state index contributed by atoms with van der Waals surface area (Å²) < 4.78 is 27.2. The van der Waals surface area contributed by atoms with Gasteiger partial charge in [0.1, 0.15) is 0 Å². The number of nitrogens with zero attached hydrogens (tertiary/aromatic N) is 3. The highest BCUT2D eigenvalue weighted by molar-refractivity contribution is 7.92. The van der Waals surface area contributed by atoms with Crippen molar-refractivity contribution < 1.29 is 13.2 Å². The Labute approximate surface area is 197 Å². The Morgan fingerprint density at radius 2 is 1.82 bits per heavy atom. The molecular formula is C24H27N5O4S. The molecule has 2 aromatic carbocycles. The predicted octanol–water partition coefficient (Wildman–Crippen LogP) is 2.54. The number of benzene rings is 2. The van der Waals surface area contributed by atoms with Gasteiger partial charge in [-0.2, -0.15) is 5.10 Å². The quantitative estimate of drug-likeness (QED) is 0.538. The number of likely N-dealkylation sites (tertiary alicyclic amines) is 1. The number of H-pyrrole nitrogens is 1. The van der Waals surface area contributed by atoms with E-state index in [1.165, 1.54) is 0 Å². The molecule has 1 aliphatic heterocycles. The predicted molar refractivity (Wildman–Crippen MR) is 130 cm³/mol. The van der Waals surface area contributed by atoms with Crippen molar-refractivity contribution in [3.63, 3.8) is 0 Å². The third-order valence-corrected chi connectivity index (χ3v) is 6.97. The summed E-state index contributed by atoms with van der Waals surface area (Å²) in [5.74, 6) is 1.26. The monoisotopic (exact) mass is 481 g/mol. The second-order valence-electron chi connectivity index (χ2n) is 9.21. The Kier molecular flexibility index (Phi) is 5.76. The zero-order valence-electron chi connectivity index (χ0n) is 18.9. The molecule has 0 spiro atoms. The Balaban J connectivity index is 1.32. The molecule has 0 bridgehead atoms. The van der Waals surface area contributed by atoms with Gasteiger partial charge in [0.25, 0.3) is 0 Å². The molecule has 178 valence electrons. The van der Waals surface area contributed by atoms with Gasteiger partial charge in [0.05, 0.1) is 6.26 Å². The van der Waals surface area contributed by atoms with Crippen LogP contribution in [-0.4, -0.2) is 53.3 Å². The number of amides is 1. The van der Waals surface area contributed by atoms with E-state index in [0.717, 1.165) is 48.8 Å². The molecule has 1 saturated heterocycles. The molecule has 1 saturated carbocycles. The van der Waals surface area contributed by atoms with E-state index in [9.17, 15) is 18.0 Å². The van der Waals surface area contributed by atoms with Crippen LogP contribution in [0.5, 0.6) is 0 Å². The average Bonchev–Trinajstić information content (AvgIpc) is 3.45. The second kappa shape index (κ2) is 8.75. The maximum Gasteiger partial charge on any atom is 0.343 e. The molecule has 1 atom stereocenters. The van der Waals surface area contributed by atoms with E-state index >= 15 is 0 Å². The normalized spacial score (nSPS) is 18.3. The summed E-state index contributed by atoms with van der Waals surface area (Å²) in [6.07, 6.45) is 4.00. The average molecular weight is 482 g/mol. The summed E-state index contributed by atoms with van der Waals surface area (Å²) in [6.45, 7) is 1.95. The van der Waals surface area contributed by atoms with Crippen LogP contribution in [0.1, 0.15) is 19.3 Å². The number of hydrogen-bond donors (Lipinski definition) is 2. The summed E-state index contributed by atoms with van der Waals surface area (Å²) in [5.41, 5.74) is 2.82. The van der Waals surface area contributed by atoms with Gasteiger partial charge in [0.15, 0.2) is 5.82 Å². The molecule has 1 amide bonds. The van der Waals surface area contributed by atoms with Gasteiger partial charge in [0.2, 0.25) is 15.9 Å². The number of carbonyl (C=O) groups is 1. The Bertz CT molecular complexity index is 1370. The lowest BCUT2D eigenvalue weighted by molar-refractivity contribution is -0.131. The topological polar surface area (TPSA) is 117 Å². The standard InChI is InChI=1S/C24H27N5O4S/c1-34(32,33)27-21-4-2-3-20(13-21)17-5-7-18(8-6-17)22-25-26-24(31)29(22)15-16-11-12-28(14-16)23(30)19-9-10-19/h2-8,13,16,19,27H,9-12,14-15H2,1H3,(H,26,31). The summed E-state index contributed by atoms with van der Waals surface area (Å²) >= 11 is 0. The molecule has 2 N–H and O–H groups in total. The second-order valence-corrected chi connectivity index (χ2v) is 11.0. The van der Waals surface area contributed by atoms with Crippen LogP contribution in [0, 0.1) is 11.8 Å². The van der Waals surface area contributed by atoms with E-state index in [4.69, 9.17) is 0 Å². The van der Waals surface area contributed by atoms with E-state index in [2.05, 4.69) is 14.9 Å². The molecule has 0 radical (unpaired) electrons. The van der Waals surface area contributed by atoms with E-state index < -0.39 is 10.0 Å². The molecule has 1 aromatic heterocycles. The first-order valence-corrected chi connectivity index (χ1v) is 13.3. The zero-order valence-corrected chi connectivity index (χ0v) is 19.7. The van der Waals surface area contributed by atoms with Gasteiger partial charge in [-0.05, 0) is 48.4 Å². The molecule has 34 heavy (non-hydrogen) atoms. The van der Waals surface area contributed by atoms with E-state index in [-0.39, 0.29) is 23.4 Å². The maximum absolute atomic E-state index is 12.5. The summed E-state index contributed by atoms with van der Waals surface area (Å²) in [4.78, 5) is 26.8. The summed E-state index contributed by atoms with van der Waals surface area (Å²) in [5, 5.41) is 6.80. The fraction of sp³-hybridized carbons (Fsp3) is 0.375. The van der Waals surface area contributed by atoms with Crippen LogP contribution >= 0.6 is 0 Å². The van der Waals surface area contributed by atoms with Crippen LogP contribution in [0.15, 0.2) is 53.3 Å². The number of carbonyl (C=O) groups excluding carboxylic acids is 1. The van der Waals surface area contributed by atoms with Gasteiger partial charge in [-0.3, -0.25) is 14.1 Å². The fourth-order valence-corrected chi connectivity index (χ4v) is 5.08. The summed E-state index contributed by atoms with van der Waals surface area (Å²) in [6, 6.07) is 14.8. The van der Waals surface area contributed by atoms with E-state index in [1.54, 1.807) is 22.8 Å². The fourth-order valence-electron chi connectivity index (χ4n) is 4.52. The molecule has 2 aliphatic rings. The number of rotatable bonds is 7. The Morgan fingerprint density at radius 3 is 2.53 bits per heavy atom. The number of aromatic amines is 1. The smallest absolute Gasteiger partial charge is 0.342 e. The number of nitrogens with one attached hydrogen (secondary N) is 2. The molecule has 9 nitrogen and oxygen atoms in total. The van der Waals surface area contributed by atoms with Crippen LogP contribution in [0.2, 0.25) is 0 Å². The molecule has 2 heterocycles. The van der Waals surface area contributed by atoms with Crippen molar-refractivity contribution in [1.29, 1.82) is 0 Å². The van der Waals surface area contributed by atoms with Crippen LogP contribution in [0.3, 0.4) is 0 Å². The van der Waals surface area contributed by atoms with Gasteiger partial charge in [-0.25, -0.2) is 18.3 Å². The van der Waals surface area contributed by atoms with Gasteiger partial charge in [-0.1, -0.05) is 36.4 Å². The third-order valence-electron chi connectivity index (χ3n) is 6.37. The lowest BCUT2D eigenvalue weighted by atomic mass is 10.0. The first-order valence-electron chi connectivity index (χ1n) is 11.4. The molecule has 1 unspecified atom stereocenters. The van der Waals surface area contributed by atoms with Crippen LogP contribution in [0.25, 0.3) is 22.5 Å². The number of sulfonamides is 1. The van der Waals surface area contributed by atoms with Crippen molar-refractivity contribution in [2.24, 2.45) is 11.8 Å². The lowest BCUT2D eigenvalue weighted by Gasteiger charge is -2.16. The highest BCUT2D eigenvalue weighted by Gasteiger charge is 2.36. The van der Waals surface area contributed by atoms with Crippen LogP contribution in [-0.2, 0) is 21.4 Å². The minimum Gasteiger partial charge on any atom is -0.342 e. The summed E-state index contributed by atoms with van der Waals surface area (Å²) in [7, 11) is -3.36. The zero-order chi connectivity index (χ0) is 23.9. The van der Waals surface area contributed by atoms with Crippen molar-refractivity contribution in [3.8, 4) is 22.5 Å². The molecule has 2 fully saturated rings. The van der Waals surface area contributed by atoms with Crippen LogP contribution in [0.4, 0.5) is 5.69 Å². The number of aromatic nitrogens is 3. The van der Waals surface area contributed by atoms with Gasteiger partial charge in [0, 0.05) is 36.8 Å². The highest BCUT2D eigenvalue weighted by Crippen LogP contribution is 2.33. The first kappa shape index (κ1) is 22.4. The number of hydrogen-bond acceptors (Lipinski definition) is 5. The molecule has 3 aromatic rings. The minimum atomic E-state index is -3.36. The van der Waals surface area contributed by atoms with Gasteiger partial charge >= 0.3 is 5.69 Å². The third kappa shape index (κ3) is 4.91. The minimum absolute atomic E-state index is 0.215. The van der Waals surface area contributed by atoms with Crippen molar-refractivity contribution in [1.82, 2.24) is 19.7 Å². The van der Waals surface area contributed by atoms with Crippen LogP contribution < -0.4 is 10.4 Å². The molecule has 10 heteroatoms. The van der Waals surface area contributed by atoms with E-state index in [0.29, 0.717) is 24.6 Å². The SMILES string of the molecule is CS(=O)(=O)Nc1cccc(-c2ccc(-c3n[nH]c(=O)n3CC3CCN(C(=O)C4CC4)C3)cc2)c1. The molecular weight excluding hydrogens is 454 g/mol. The van der Waals surface area contributed by atoms with Crippen molar-refractivity contribution in [2.75, 3.05) is 24.1 Å². The van der Waals surface area contributed by atoms with Gasteiger partial charge < -0.3 is 4.90 Å². The first-order chi connectivity index (χ1) is 16.3. The lowest BCUT2D eigenvalue weighted by Crippen LogP contribution is -2.31. The maximum atomic E-state index is 12.5. The van der Waals surface area contributed by atoms with Crippen molar-refractivity contribution in [3.05, 3.63) is 59.0 Å². The van der Waals surface area contributed by atoms with Crippen molar-refractivity contribution >= 4 is 21.6 Å². The number of anilines is 1. The molecule has 5 rings (SSSR count). The Hall–Kier alpha value is -3.40. The van der Waals surface area contributed by atoms with Gasteiger partial charge in [-0.15, -0.1) is 0 Å². The van der Waals surface area contributed by atoms with E-state index in [1.807, 2.05) is 35.2 Å². The molecule has 1 aliphatic carbocycles. The highest BCUT2D eigenvalue weighted by atomic mass is 32.2. The Morgan fingerprint density at radius 1 is 1.09 bits per heavy atom. The van der Waals surface area contributed by atoms with Crippen molar-refractivity contribution in [2.45, 2.75) is 25.8 Å². The largest absolute Gasteiger partial charge is 0.343 e.